The molecule has 0 saturated carbocycles. The minimum Gasteiger partial charge on any atom is -0.494 e. The summed E-state index contributed by atoms with van der Waals surface area (Å²) in [6.45, 7) is 2.20. The van der Waals surface area contributed by atoms with Crippen LogP contribution in [0.5, 0.6) is 5.75 Å². The minimum absolute atomic E-state index is 0.0460. The van der Waals surface area contributed by atoms with Gasteiger partial charge in [-0.15, -0.1) is 0 Å². The van der Waals surface area contributed by atoms with Gasteiger partial charge in [-0.2, -0.15) is 4.31 Å². The SMILES string of the molecule is COc1cc(S(=O)(=O)N2CCO[C@@H]3CCN(C)C[C@H]32)ccc1F. The molecule has 1 aromatic carbocycles. The van der Waals surface area contributed by atoms with Crippen LogP contribution in [0.1, 0.15) is 6.42 Å². The Morgan fingerprint density at radius 3 is 2.87 bits per heavy atom. The van der Waals surface area contributed by atoms with Gasteiger partial charge in [-0.1, -0.05) is 0 Å². The van der Waals surface area contributed by atoms with E-state index in [0.29, 0.717) is 19.7 Å². The lowest BCUT2D eigenvalue weighted by atomic mass is 10.0. The number of likely N-dealkylation sites (N-methyl/N-ethyl adjacent to an activating group) is 1. The molecule has 3 rings (SSSR count). The number of halogens is 1. The normalized spacial score (nSPS) is 26.7. The smallest absolute Gasteiger partial charge is 0.243 e. The van der Waals surface area contributed by atoms with E-state index in [1.54, 1.807) is 0 Å². The summed E-state index contributed by atoms with van der Waals surface area (Å²) in [6, 6.07) is 3.42. The van der Waals surface area contributed by atoms with Gasteiger partial charge in [-0.25, -0.2) is 12.8 Å². The second-order valence-corrected chi connectivity index (χ2v) is 7.83. The van der Waals surface area contributed by atoms with Crippen LogP contribution in [0.4, 0.5) is 4.39 Å². The van der Waals surface area contributed by atoms with Crippen LogP contribution in [0.25, 0.3) is 0 Å². The first-order valence-corrected chi connectivity index (χ1v) is 9.03. The monoisotopic (exact) mass is 344 g/mol. The average Bonchev–Trinajstić information content (AvgIpc) is 2.54. The molecule has 8 heteroatoms. The molecule has 6 nitrogen and oxygen atoms in total. The molecular weight excluding hydrogens is 323 g/mol. The molecule has 2 heterocycles. The first kappa shape index (κ1) is 16.6. The molecule has 2 saturated heterocycles. The van der Waals surface area contributed by atoms with Crippen molar-refractivity contribution in [2.24, 2.45) is 0 Å². The molecule has 0 radical (unpaired) electrons. The number of rotatable bonds is 3. The highest BCUT2D eigenvalue weighted by atomic mass is 32.2. The van der Waals surface area contributed by atoms with Crippen molar-refractivity contribution in [2.75, 3.05) is 40.4 Å². The van der Waals surface area contributed by atoms with Crippen molar-refractivity contribution in [1.82, 2.24) is 9.21 Å². The van der Waals surface area contributed by atoms with Gasteiger partial charge in [0.15, 0.2) is 11.6 Å². The lowest BCUT2D eigenvalue weighted by molar-refractivity contribution is -0.0719. The second kappa shape index (κ2) is 6.35. The number of nitrogens with zero attached hydrogens (tertiary/aromatic N) is 2. The molecule has 23 heavy (non-hydrogen) atoms. The van der Waals surface area contributed by atoms with Gasteiger partial charge in [0.25, 0.3) is 0 Å². The maximum Gasteiger partial charge on any atom is 0.243 e. The lowest BCUT2D eigenvalue weighted by Gasteiger charge is -2.45. The molecule has 0 bridgehead atoms. The van der Waals surface area contributed by atoms with E-state index in [9.17, 15) is 12.8 Å². The number of hydrogen-bond donors (Lipinski definition) is 0. The van der Waals surface area contributed by atoms with Gasteiger partial charge in [0, 0.05) is 25.7 Å². The molecule has 2 atom stereocenters. The summed E-state index contributed by atoms with van der Waals surface area (Å²) in [5, 5.41) is 0. The fourth-order valence-corrected chi connectivity index (χ4v) is 4.87. The minimum atomic E-state index is -3.73. The second-order valence-electron chi connectivity index (χ2n) is 5.94. The van der Waals surface area contributed by atoms with Crippen molar-refractivity contribution in [3.63, 3.8) is 0 Å². The number of sulfonamides is 1. The van der Waals surface area contributed by atoms with E-state index < -0.39 is 15.8 Å². The first-order chi connectivity index (χ1) is 10.9. The van der Waals surface area contributed by atoms with Crippen molar-refractivity contribution < 1.29 is 22.3 Å². The summed E-state index contributed by atoms with van der Waals surface area (Å²) in [5.74, 6) is -0.652. The third-order valence-electron chi connectivity index (χ3n) is 4.47. The van der Waals surface area contributed by atoms with Crippen LogP contribution in [0, 0.1) is 5.82 Å². The Morgan fingerprint density at radius 2 is 2.13 bits per heavy atom. The fourth-order valence-electron chi connectivity index (χ4n) is 3.23. The molecule has 0 spiro atoms. The van der Waals surface area contributed by atoms with Crippen LogP contribution in [-0.2, 0) is 14.8 Å². The van der Waals surface area contributed by atoms with Crippen LogP contribution in [0.3, 0.4) is 0 Å². The molecule has 1 aromatic rings. The first-order valence-electron chi connectivity index (χ1n) is 7.59. The van der Waals surface area contributed by atoms with E-state index in [4.69, 9.17) is 9.47 Å². The Labute approximate surface area is 135 Å². The Hall–Kier alpha value is -1.22. The van der Waals surface area contributed by atoms with Gasteiger partial charge in [0.1, 0.15) is 0 Å². The van der Waals surface area contributed by atoms with Crippen molar-refractivity contribution in [1.29, 1.82) is 0 Å². The van der Waals surface area contributed by atoms with Gasteiger partial charge in [-0.05, 0) is 25.6 Å². The van der Waals surface area contributed by atoms with E-state index in [1.165, 1.54) is 23.5 Å². The van der Waals surface area contributed by atoms with Gasteiger partial charge in [0.2, 0.25) is 10.0 Å². The quantitative estimate of drug-likeness (QED) is 0.816. The molecule has 0 aromatic heterocycles. The predicted molar refractivity (Wildman–Crippen MR) is 82.5 cm³/mol. The molecule has 2 aliphatic rings. The maximum atomic E-state index is 13.6. The van der Waals surface area contributed by atoms with E-state index in [2.05, 4.69) is 4.90 Å². The topological polar surface area (TPSA) is 59.1 Å². The average molecular weight is 344 g/mol. The summed E-state index contributed by atoms with van der Waals surface area (Å²) in [4.78, 5) is 2.15. The van der Waals surface area contributed by atoms with E-state index in [0.717, 1.165) is 19.0 Å². The van der Waals surface area contributed by atoms with Gasteiger partial charge in [0.05, 0.1) is 30.8 Å². The van der Waals surface area contributed by atoms with Crippen LogP contribution in [0.15, 0.2) is 23.1 Å². The van der Waals surface area contributed by atoms with Gasteiger partial charge >= 0.3 is 0 Å². The Bertz CT molecular complexity index is 682. The third kappa shape index (κ3) is 3.08. The lowest BCUT2D eigenvalue weighted by Crippen LogP contribution is -2.60. The van der Waals surface area contributed by atoms with E-state index in [1.807, 2.05) is 7.05 Å². The van der Waals surface area contributed by atoms with E-state index in [-0.39, 0.29) is 22.8 Å². The van der Waals surface area contributed by atoms with Crippen molar-refractivity contribution in [3.8, 4) is 5.75 Å². The summed E-state index contributed by atoms with van der Waals surface area (Å²) in [7, 11) is -0.441. The Kier molecular flexibility index (Phi) is 4.59. The highest BCUT2D eigenvalue weighted by Gasteiger charge is 2.42. The molecule has 0 N–H and O–H groups in total. The standard InChI is InChI=1S/C15H21FN2O4S/c1-17-6-5-14-13(10-17)18(7-8-22-14)23(19,20)11-3-4-12(16)15(9-11)21-2/h3-4,9,13-14H,5-8,10H2,1-2H3/t13-,14-/m1/s1. The number of hydrogen-bond acceptors (Lipinski definition) is 5. The van der Waals surface area contributed by atoms with Crippen LogP contribution in [0.2, 0.25) is 0 Å². The molecule has 0 unspecified atom stereocenters. The fraction of sp³-hybridized carbons (Fsp3) is 0.600. The zero-order valence-electron chi connectivity index (χ0n) is 13.2. The number of morpholine rings is 1. The van der Waals surface area contributed by atoms with Crippen molar-refractivity contribution in [2.45, 2.75) is 23.5 Å². The van der Waals surface area contributed by atoms with Gasteiger partial charge in [-0.3, -0.25) is 0 Å². The largest absolute Gasteiger partial charge is 0.494 e. The molecule has 128 valence electrons. The van der Waals surface area contributed by atoms with E-state index >= 15 is 0 Å². The van der Waals surface area contributed by atoms with Crippen molar-refractivity contribution >= 4 is 10.0 Å². The number of benzene rings is 1. The number of methoxy groups -OCH3 is 1. The summed E-state index contributed by atoms with van der Waals surface area (Å²) >= 11 is 0. The number of fused-ring (bicyclic) bond motifs is 1. The summed E-state index contributed by atoms with van der Waals surface area (Å²) < 4.78 is 51.7. The molecule has 0 aliphatic carbocycles. The highest BCUT2D eigenvalue weighted by molar-refractivity contribution is 7.89. The number of likely N-dealkylation sites (tertiary alicyclic amines) is 1. The Morgan fingerprint density at radius 1 is 1.35 bits per heavy atom. The Balaban J connectivity index is 1.94. The van der Waals surface area contributed by atoms with Crippen molar-refractivity contribution in [3.05, 3.63) is 24.0 Å². The maximum absolute atomic E-state index is 13.6. The third-order valence-corrected chi connectivity index (χ3v) is 6.39. The highest BCUT2D eigenvalue weighted by Crippen LogP contribution is 2.30. The van der Waals surface area contributed by atoms with Crippen LogP contribution < -0.4 is 4.74 Å². The summed E-state index contributed by atoms with van der Waals surface area (Å²) in [5.41, 5.74) is 0. The number of piperidine rings is 1. The zero-order chi connectivity index (χ0) is 16.6. The number of ether oxygens (including phenoxy) is 2. The summed E-state index contributed by atoms with van der Waals surface area (Å²) in [6.07, 6.45) is 0.719. The molecule has 2 fully saturated rings. The predicted octanol–water partition coefficient (Wildman–Crippen LogP) is 0.928. The van der Waals surface area contributed by atoms with Crippen LogP contribution in [-0.4, -0.2) is 70.2 Å². The van der Waals surface area contributed by atoms with Crippen LogP contribution >= 0.6 is 0 Å². The zero-order valence-corrected chi connectivity index (χ0v) is 14.1. The van der Waals surface area contributed by atoms with Gasteiger partial charge < -0.3 is 14.4 Å². The molecular formula is C15H21FN2O4S. The molecule has 2 aliphatic heterocycles. The molecule has 0 amide bonds.